The second kappa shape index (κ2) is 8.62. The predicted octanol–water partition coefficient (Wildman–Crippen LogP) is 0.925. The number of rotatable bonds is 8. The number of aryl methyl sites for hydroxylation is 1. The standard InChI is InChI=1S/C14H26N4O3S2/c1-11-6-7-12(22-11)23(19,20)18-9-8-16-13(15-4)17-10-14(2,3)21-5/h6-7,18H,8-10H2,1-5H3,(H2,15,16,17). The summed E-state index contributed by atoms with van der Waals surface area (Å²) in [4.78, 5) is 5.05. The number of nitrogens with one attached hydrogen (secondary N) is 3. The molecule has 9 heteroatoms. The summed E-state index contributed by atoms with van der Waals surface area (Å²) in [6.07, 6.45) is 0. The predicted molar refractivity (Wildman–Crippen MR) is 94.7 cm³/mol. The van der Waals surface area contributed by atoms with E-state index in [4.69, 9.17) is 4.74 Å². The Morgan fingerprint density at radius 2 is 2.00 bits per heavy atom. The minimum absolute atomic E-state index is 0.271. The van der Waals surface area contributed by atoms with E-state index in [1.165, 1.54) is 11.3 Å². The summed E-state index contributed by atoms with van der Waals surface area (Å²) < 4.78 is 32.3. The van der Waals surface area contributed by atoms with E-state index in [0.717, 1.165) is 4.88 Å². The van der Waals surface area contributed by atoms with Crippen LogP contribution in [0.15, 0.2) is 21.3 Å². The van der Waals surface area contributed by atoms with Crippen molar-refractivity contribution < 1.29 is 13.2 Å². The molecular formula is C14H26N4O3S2. The molecule has 0 unspecified atom stereocenters. The van der Waals surface area contributed by atoms with Crippen molar-refractivity contribution in [2.45, 2.75) is 30.6 Å². The largest absolute Gasteiger partial charge is 0.377 e. The van der Waals surface area contributed by atoms with Crippen LogP contribution in [0.2, 0.25) is 0 Å². The van der Waals surface area contributed by atoms with E-state index in [2.05, 4.69) is 20.3 Å². The molecular weight excluding hydrogens is 336 g/mol. The van der Waals surface area contributed by atoms with Crippen molar-refractivity contribution in [2.75, 3.05) is 33.8 Å². The zero-order chi connectivity index (χ0) is 17.5. The molecule has 0 aromatic carbocycles. The van der Waals surface area contributed by atoms with Gasteiger partial charge in [0.15, 0.2) is 5.96 Å². The van der Waals surface area contributed by atoms with E-state index < -0.39 is 10.0 Å². The normalized spacial score (nSPS) is 13.2. The lowest BCUT2D eigenvalue weighted by Crippen LogP contribution is -2.46. The molecule has 0 aliphatic carbocycles. The minimum Gasteiger partial charge on any atom is -0.377 e. The molecule has 1 aromatic rings. The maximum atomic E-state index is 12.1. The lowest BCUT2D eigenvalue weighted by atomic mass is 10.1. The van der Waals surface area contributed by atoms with E-state index in [9.17, 15) is 8.42 Å². The van der Waals surface area contributed by atoms with Gasteiger partial charge in [-0.3, -0.25) is 4.99 Å². The number of hydrogen-bond acceptors (Lipinski definition) is 5. The highest BCUT2D eigenvalue weighted by Crippen LogP contribution is 2.19. The first kappa shape index (κ1) is 19.9. The molecule has 1 aromatic heterocycles. The van der Waals surface area contributed by atoms with Gasteiger partial charge in [0.2, 0.25) is 10.0 Å². The highest BCUT2D eigenvalue weighted by molar-refractivity contribution is 7.91. The van der Waals surface area contributed by atoms with Gasteiger partial charge in [-0.25, -0.2) is 13.1 Å². The molecule has 0 aliphatic heterocycles. The Morgan fingerprint density at radius 1 is 1.30 bits per heavy atom. The first-order valence-corrected chi connectivity index (χ1v) is 9.56. The van der Waals surface area contributed by atoms with E-state index in [0.29, 0.717) is 23.3 Å². The van der Waals surface area contributed by atoms with Crippen LogP contribution in [0.4, 0.5) is 0 Å². The molecule has 0 saturated carbocycles. The van der Waals surface area contributed by atoms with Gasteiger partial charge in [0, 0.05) is 38.7 Å². The SMILES string of the molecule is CN=C(NCCNS(=O)(=O)c1ccc(C)s1)NCC(C)(C)OC. The molecule has 1 heterocycles. The van der Waals surface area contributed by atoms with Crippen LogP contribution in [0.25, 0.3) is 0 Å². The van der Waals surface area contributed by atoms with Gasteiger partial charge in [-0.15, -0.1) is 11.3 Å². The second-order valence-electron chi connectivity index (χ2n) is 5.58. The maximum absolute atomic E-state index is 12.1. The summed E-state index contributed by atoms with van der Waals surface area (Å²) in [6, 6.07) is 3.41. The lowest BCUT2D eigenvalue weighted by Gasteiger charge is -2.24. The van der Waals surface area contributed by atoms with Crippen molar-refractivity contribution in [2.24, 2.45) is 4.99 Å². The van der Waals surface area contributed by atoms with Crippen LogP contribution in [-0.2, 0) is 14.8 Å². The summed E-state index contributed by atoms with van der Waals surface area (Å²) in [5, 5.41) is 6.19. The second-order valence-corrected chi connectivity index (χ2v) is 8.86. The number of guanidine groups is 1. The van der Waals surface area contributed by atoms with Gasteiger partial charge in [0.05, 0.1) is 5.60 Å². The lowest BCUT2D eigenvalue weighted by molar-refractivity contribution is 0.0268. The molecule has 7 nitrogen and oxygen atoms in total. The van der Waals surface area contributed by atoms with Crippen LogP contribution in [0.5, 0.6) is 0 Å². The molecule has 1 rings (SSSR count). The first-order valence-electron chi connectivity index (χ1n) is 7.26. The molecule has 0 bridgehead atoms. The first-order chi connectivity index (χ1) is 10.7. The van der Waals surface area contributed by atoms with Crippen molar-refractivity contribution in [3.63, 3.8) is 0 Å². The Bertz CT molecular complexity index is 624. The van der Waals surface area contributed by atoms with Crippen molar-refractivity contribution >= 4 is 27.3 Å². The van der Waals surface area contributed by atoms with Gasteiger partial charge in [-0.2, -0.15) is 0 Å². The third kappa shape index (κ3) is 6.86. The molecule has 3 N–H and O–H groups in total. The highest BCUT2D eigenvalue weighted by Gasteiger charge is 2.17. The molecule has 0 radical (unpaired) electrons. The summed E-state index contributed by atoms with van der Waals surface area (Å²) in [5.74, 6) is 0.598. The number of sulfonamides is 1. The third-order valence-corrected chi connectivity index (χ3v) is 6.10. The summed E-state index contributed by atoms with van der Waals surface area (Å²) in [5.41, 5.74) is -0.309. The van der Waals surface area contributed by atoms with Crippen LogP contribution in [0.1, 0.15) is 18.7 Å². The molecule has 132 valence electrons. The Labute approximate surface area is 142 Å². The Balaban J connectivity index is 2.38. The van der Waals surface area contributed by atoms with Crippen LogP contribution in [0, 0.1) is 6.92 Å². The smallest absolute Gasteiger partial charge is 0.250 e. The van der Waals surface area contributed by atoms with Gasteiger partial charge in [0.1, 0.15) is 4.21 Å². The monoisotopic (exact) mass is 362 g/mol. The molecule has 0 spiro atoms. The number of ether oxygens (including phenoxy) is 1. The van der Waals surface area contributed by atoms with Crippen molar-refractivity contribution in [3.05, 3.63) is 17.0 Å². The fourth-order valence-corrected chi connectivity index (χ4v) is 3.94. The minimum atomic E-state index is -3.44. The van der Waals surface area contributed by atoms with Gasteiger partial charge in [-0.1, -0.05) is 0 Å². The fraction of sp³-hybridized carbons (Fsp3) is 0.643. The molecule has 0 saturated heterocycles. The quantitative estimate of drug-likeness (QED) is 0.363. The van der Waals surface area contributed by atoms with Crippen LogP contribution in [0.3, 0.4) is 0 Å². The number of hydrogen-bond donors (Lipinski definition) is 3. The zero-order valence-corrected chi connectivity index (χ0v) is 15.9. The van der Waals surface area contributed by atoms with Crippen LogP contribution in [-0.4, -0.2) is 53.8 Å². The summed E-state index contributed by atoms with van der Waals surface area (Å²) >= 11 is 1.26. The summed E-state index contributed by atoms with van der Waals surface area (Å²) in [7, 11) is -0.123. The average molecular weight is 363 g/mol. The number of aliphatic imine (C=N–C) groups is 1. The maximum Gasteiger partial charge on any atom is 0.250 e. The topological polar surface area (TPSA) is 91.8 Å². The summed E-state index contributed by atoms with van der Waals surface area (Å²) in [6.45, 7) is 7.09. The Morgan fingerprint density at radius 3 is 2.52 bits per heavy atom. The van der Waals surface area contributed by atoms with Crippen molar-refractivity contribution in [1.29, 1.82) is 0 Å². The number of thiophene rings is 1. The highest BCUT2D eigenvalue weighted by atomic mass is 32.2. The number of nitrogens with zero attached hydrogens (tertiary/aromatic N) is 1. The van der Waals surface area contributed by atoms with Crippen LogP contribution < -0.4 is 15.4 Å². The molecule has 0 aliphatic rings. The molecule has 23 heavy (non-hydrogen) atoms. The van der Waals surface area contributed by atoms with Gasteiger partial charge < -0.3 is 15.4 Å². The van der Waals surface area contributed by atoms with E-state index in [1.807, 2.05) is 20.8 Å². The van der Waals surface area contributed by atoms with E-state index in [-0.39, 0.29) is 12.1 Å². The van der Waals surface area contributed by atoms with Crippen molar-refractivity contribution in [3.8, 4) is 0 Å². The fourth-order valence-electron chi connectivity index (χ4n) is 1.58. The molecule has 0 atom stereocenters. The number of methoxy groups -OCH3 is 1. The van der Waals surface area contributed by atoms with Gasteiger partial charge in [0.25, 0.3) is 0 Å². The molecule has 0 fully saturated rings. The average Bonchev–Trinajstić information content (AvgIpc) is 2.94. The third-order valence-electron chi connectivity index (χ3n) is 3.15. The van der Waals surface area contributed by atoms with Gasteiger partial charge >= 0.3 is 0 Å². The zero-order valence-electron chi connectivity index (χ0n) is 14.3. The van der Waals surface area contributed by atoms with Crippen molar-refractivity contribution in [1.82, 2.24) is 15.4 Å². The Kier molecular flexibility index (Phi) is 7.46. The molecule has 0 amide bonds. The van der Waals surface area contributed by atoms with Crippen LogP contribution >= 0.6 is 11.3 Å². The Hall–Kier alpha value is -1.16. The van der Waals surface area contributed by atoms with E-state index >= 15 is 0 Å². The van der Waals surface area contributed by atoms with E-state index in [1.54, 1.807) is 26.3 Å². The van der Waals surface area contributed by atoms with Gasteiger partial charge in [-0.05, 0) is 32.9 Å².